The summed E-state index contributed by atoms with van der Waals surface area (Å²) in [5.41, 5.74) is 7.40. The van der Waals surface area contributed by atoms with Crippen molar-refractivity contribution in [2.75, 3.05) is 0 Å². The van der Waals surface area contributed by atoms with E-state index in [0.29, 0.717) is 13.1 Å². The number of carbonyl (C=O) groups is 1. The average Bonchev–Trinajstić information content (AvgIpc) is 3.56. The van der Waals surface area contributed by atoms with Gasteiger partial charge < -0.3 is 14.0 Å². The Morgan fingerprint density at radius 3 is 1.49 bits per heavy atom. The normalized spacial score (nSPS) is 11.7. The molecular formula is C41H47N3O. The van der Waals surface area contributed by atoms with Crippen LogP contribution in [0.2, 0.25) is 0 Å². The largest absolute Gasteiger partial charge is 0.340 e. The molecule has 0 aliphatic carbocycles. The lowest BCUT2D eigenvalue weighted by Gasteiger charge is -2.22. The molecule has 1 amide bonds. The van der Waals surface area contributed by atoms with Gasteiger partial charge in [0.05, 0.1) is 0 Å². The lowest BCUT2D eigenvalue weighted by atomic mass is 10.1. The van der Waals surface area contributed by atoms with E-state index in [0.717, 1.165) is 24.2 Å². The average molecular weight is 598 g/mol. The van der Waals surface area contributed by atoms with Crippen molar-refractivity contribution in [2.45, 2.75) is 91.4 Å². The summed E-state index contributed by atoms with van der Waals surface area (Å²) in [6.07, 6.45) is 11.4. The van der Waals surface area contributed by atoms with Crippen LogP contribution in [-0.4, -0.2) is 19.9 Å². The molecule has 2 heterocycles. The summed E-state index contributed by atoms with van der Waals surface area (Å²) in [7, 11) is 0. The van der Waals surface area contributed by atoms with E-state index in [1.807, 2.05) is 4.90 Å². The Balaban J connectivity index is 1.29. The Morgan fingerprint density at radius 2 is 1.04 bits per heavy atom. The minimum atomic E-state index is -0.0492. The Kier molecular flexibility index (Phi) is 9.69. The van der Waals surface area contributed by atoms with Crippen molar-refractivity contribution in [1.29, 1.82) is 0 Å². The Bertz CT molecular complexity index is 1810. The zero-order valence-corrected chi connectivity index (χ0v) is 27.1. The number of aromatic nitrogens is 2. The number of hydrogen-bond acceptors (Lipinski definition) is 1. The van der Waals surface area contributed by atoms with Crippen molar-refractivity contribution < 1.29 is 4.79 Å². The summed E-state index contributed by atoms with van der Waals surface area (Å²) in [5, 5.41) is 5.08. The minimum absolute atomic E-state index is 0.0492. The molecule has 0 N–H and O–H groups in total. The summed E-state index contributed by atoms with van der Waals surface area (Å²) >= 11 is 0. The first kappa shape index (κ1) is 30.7. The molecule has 0 saturated heterocycles. The van der Waals surface area contributed by atoms with Gasteiger partial charge in [0.25, 0.3) is 0 Å². The van der Waals surface area contributed by atoms with Gasteiger partial charge in [-0.15, -0.1) is 0 Å². The van der Waals surface area contributed by atoms with Crippen LogP contribution in [0.5, 0.6) is 0 Å². The number of nitrogens with zero attached hydrogens (tertiary/aromatic N) is 3. The molecule has 0 unspecified atom stereocenters. The van der Waals surface area contributed by atoms with Gasteiger partial charge in [0.1, 0.15) is 0 Å². The molecule has 0 aliphatic rings. The van der Waals surface area contributed by atoms with Crippen LogP contribution in [0, 0.1) is 0 Å². The lowest BCUT2D eigenvalue weighted by Crippen LogP contribution is -2.28. The first-order valence-corrected chi connectivity index (χ1v) is 17.0. The van der Waals surface area contributed by atoms with Gasteiger partial charge in [0, 0.05) is 69.8 Å². The highest BCUT2D eigenvalue weighted by Gasteiger charge is 2.17. The number of unbranched alkanes of at least 4 members (excludes halogenated alkanes) is 6. The second kappa shape index (κ2) is 14.2. The maximum atomic E-state index is 13.2. The van der Waals surface area contributed by atoms with Crippen molar-refractivity contribution in [3.63, 3.8) is 0 Å². The van der Waals surface area contributed by atoms with Gasteiger partial charge >= 0.3 is 0 Å². The summed E-state index contributed by atoms with van der Waals surface area (Å²) < 4.78 is 4.96. The molecule has 4 nitrogen and oxygen atoms in total. The smallest absolute Gasteiger partial charge is 0.246 e. The van der Waals surface area contributed by atoms with Crippen molar-refractivity contribution in [1.82, 2.24) is 14.0 Å². The van der Waals surface area contributed by atoms with E-state index in [9.17, 15) is 4.79 Å². The van der Waals surface area contributed by atoms with Gasteiger partial charge in [0.2, 0.25) is 5.91 Å². The van der Waals surface area contributed by atoms with E-state index in [4.69, 9.17) is 0 Å². The molecule has 4 aromatic carbocycles. The standard InChI is InChI=1S/C41H47N3O/c1-4-7-9-15-25-43-37-19-13-11-17-33(37)35-27-31(21-23-39(35)43)29-42(41(45)6-3)30-32-22-24-40-36(28-32)34-18-12-14-20-38(34)44(40)26-16-10-8-5-2/h6,11-14,17-24,27-28H,3-5,7-10,15-16,25-26,29-30H2,1-2H3. The molecule has 0 radical (unpaired) electrons. The van der Waals surface area contributed by atoms with E-state index >= 15 is 0 Å². The van der Waals surface area contributed by atoms with Crippen molar-refractivity contribution in [3.05, 3.63) is 109 Å². The van der Waals surface area contributed by atoms with Gasteiger partial charge in [-0.1, -0.05) is 107 Å². The van der Waals surface area contributed by atoms with E-state index in [1.54, 1.807) is 0 Å². The monoisotopic (exact) mass is 597 g/mol. The van der Waals surface area contributed by atoms with Crippen LogP contribution >= 0.6 is 0 Å². The van der Waals surface area contributed by atoms with Gasteiger partial charge in [-0.05, 0) is 66.4 Å². The molecule has 45 heavy (non-hydrogen) atoms. The topological polar surface area (TPSA) is 30.2 Å². The number of aryl methyl sites for hydroxylation is 2. The van der Waals surface area contributed by atoms with E-state index in [1.165, 1.54) is 101 Å². The molecule has 0 fully saturated rings. The third-order valence-electron chi connectivity index (χ3n) is 9.38. The number of carbonyl (C=O) groups excluding carboxylic acids is 1. The number of amides is 1. The Morgan fingerprint density at radius 1 is 0.600 bits per heavy atom. The molecule has 232 valence electrons. The maximum absolute atomic E-state index is 13.2. The predicted molar refractivity (Wildman–Crippen MR) is 192 cm³/mol. The van der Waals surface area contributed by atoms with Crippen molar-refractivity contribution in [3.8, 4) is 0 Å². The third kappa shape index (κ3) is 6.42. The SMILES string of the molecule is C=CC(=O)N(Cc1ccc2c(c1)c1ccccc1n2CCCCCC)Cc1ccc2c(c1)c1ccccc1n2CCCCCC. The number of hydrogen-bond donors (Lipinski definition) is 0. The fourth-order valence-corrected chi connectivity index (χ4v) is 7.06. The number of para-hydroxylation sites is 2. The molecular weight excluding hydrogens is 550 g/mol. The molecule has 6 rings (SSSR count). The Labute approximate surface area is 267 Å². The van der Waals surface area contributed by atoms with Crippen LogP contribution in [0.25, 0.3) is 43.6 Å². The molecule has 0 aliphatic heterocycles. The van der Waals surface area contributed by atoms with Crippen molar-refractivity contribution >= 4 is 49.5 Å². The molecule has 0 atom stereocenters. The van der Waals surface area contributed by atoms with E-state index in [2.05, 4.69) is 114 Å². The van der Waals surface area contributed by atoms with E-state index in [-0.39, 0.29) is 5.91 Å². The molecule has 4 heteroatoms. The molecule has 0 spiro atoms. The minimum Gasteiger partial charge on any atom is -0.340 e. The summed E-state index contributed by atoms with van der Waals surface area (Å²) in [6.45, 7) is 11.5. The summed E-state index contributed by atoms with van der Waals surface area (Å²) in [5.74, 6) is -0.0492. The number of rotatable bonds is 15. The summed E-state index contributed by atoms with van der Waals surface area (Å²) in [4.78, 5) is 15.1. The lowest BCUT2D eigenvalue weighted by molar-refractivity contribution is -0.127. The van der Waals surface area contributed by atoms with Crippen LogP contribution in [-0.2, 0) is 31.0 Å². The highest BCUT2D eigenvalue weighted by molar-refractivity contribution is 6.09. The molecule has 2 aromatic heterocycles. The number of benzene rings is 4. The van der Waals surface area contributed by atoms with Gasteiger partial charge in [-0.25, -0.2) is 0 Å². The zero-order chi connectivity index (χ0) is 31.2. The van der Waals surface area contributed by atoms with Crippen LogP contribution in [0.4, 0.5) is 0 Å². The van der Waals surface area contributed by atoms with Crippen LogP contribution in [0.3, 0.4) is 0 Å². The van der Waals surface area contributed by atoms with Gasteiger partial charge in [-0.3, -0.25) is 4.79 Å². The first-order chi connectivity index (χ1) is 22.1. The van der Waals surface area contributed by atoms with E-state index < -0.39 is 0 Å². The highest BCUT2D eigenvalue weighted by atomic mass is 16.2. The quantitative estimate of drug-likeness (QED) is 0.0855. The molecule has 6 aromatic rings. The highest BCUT2D eigenvalue weighted by Crippen LogP contribution is 2.32. The van der Waals surface area contributed by atoms with Crippen LogP contribution in [0.15, 0.2) is 97.6 Å². The fourth-order valence-electron chi connectivity index (χ4n) is 7.06. The Hall–Kier alpha value is -4.31. The number of fused-ring (bicyclic) bond motifs is 6. The van der Waals surface area contributed by atoms with Crippen molar-refractivity contribution in [2.24, 2.45) is 0 Å². The summed E-state index contributed by atoms with van der Waals surface area (Å²) in [6, 6.07) is 30.9. The van der Waals surface area contributed by atoms with Crippen LogP contribution in [0.1, 0.15) is 76.3 Å². The maximum Gasteiger partial charge on any atom is 0.246 e. The van der Waals surface area contributed by atoms with Crippen LogP contribution < -0.4 is 0 Å². The molecule has 0 saturated carbocycles. The fraction of sp³-hybridized carbons (Fsp3) is 0.341. The first-order valence-electron chi connectivity index (χ1n) is 17.0. The van der Waals surface area contributed by atoms with Gasteiger partial charge in [0.15, 0.2) is 0 Å². The van der Waals surface area contributed by atoms with Gasteiger partial charge in [-0.2, -0.15) is 0 Å². The predicted octanol–water partition coefficient (Wildman–Crippen LogP) is 10.8. The second-order valence-electron chi connectivity index (χ2n) is 12.6. The molecule has 0 bridgehead atoms. The second-order valence-corrected chi connectivity index (χ2v) is 12.6. The zero-order valence-electron chi connectivity index (χ0n) is 27.1. The third-order valence-corrected chi connectivity index (χ3v) is 9.38.